The van der Waals surface area contributed by atoms with Gasteiger partial charge in [-0.1, -0.05) is 35.9 Å². The molecular weight excluding hydrogens is 268 g/mol. The Balaban J connectivity index is 2.88. The first kappa shape index (κ1) is 13.3. The molecule has 0 heterocycles. The number of carbonyl (C=O) groups excluding carboxylic acids is 2. The van der Waals surface area contributed by atoms with Gasteiger partial charge < -0.3 is 0 Å². The third kappa shape index (κ3) is 2.24. The Morgan fingerprint density at radius 3 is 2.16 bits per heavy atom. The highest BCUT2D eigenvalue weighted by Gasteiger charge is 2.20. The molecular formula is C12H11ClN4O2. The van der Waals surface area contributed by atoms with Crippen LogP contribution in [0.3, 0.4) is 0 Å². The molecule has 0 atom stereocenters. The van der Waals surface area contributed by atoms with E-state index in [4.69, 9.17) is 23.3 Å². The van der Waals surface area contributed by atoms with E-state index in [2.05, 4.69) is 0 Å². The van der Waals surface area contributed by atoms with Crippen LogP contribution in [-0.4, -0.2) is 11.8 Å². The lowest BCUT2D eigenvalue weighted by atomic mass is 9.98. The number of carbonyl (C=O) groups is 2. The Morgan fingerprint density at radius 1 is 1.00 bits per heavy atom. The van der Waals surface area contributed by atoms with Gasteiger partial charge >= 0.3 is 0 Å². The SMILES string of the molecule is NNC(=O)c1cc(Cl)c2ccccc2c1C(=O)NN. The molecule has 0 unspecified atom stereocenters. The highest BCUT2D eigenvalue weighted by Crippen LogP contribution is 2.29. The third-order valence-corrected chi connectivity index (χ3v) is 3.04. The molecule has 0 bridgehead atoms. The molecule has 2 aromatic rings. The van der Waals surface area contributed by atoms with E-state index in [9.17, 15) is 9.59 Å². The summed E-state index contributed by atoms with van der Waals surface area (Å²) in [6, 6.07) is 8.32. The van der Waals surface area contributed by atoms with Gasteiger partial charge in [0, 0.05) is 10.4 Å². The van der Waals surface area contributed by atoms with E-state index in [0.29, 0.717) is 15.8 Å². The minimum Gasteiger partial charge on any atom is -0.290 e. The minimum atomic E-state index is -0.619. The first-order chi connectivity index (χ1) is 9.10. The lowest BCUT2D eigenvalue weighted by Gasteiger charge is -2.12. The first-order valence-corrected chi connectivity index (χ1v) is 5.71. The number of halogens is 1. The molecule has 6 nitrogen and oxygen atoms in total. The smallest absolute Gasteiger partial charge is 0.266 e. The fourth-order valence-corrected chi connectivity index (χ4v) is 2.18. The predicted octanol–water partition coefficient (Wildman–Crippen LogP) is 0.700. The maximum absolute atomic E-state index is 11.9. The largest absolute Gasteiger partial charge is 0.290 e. The molecule has 98 valence electrons. The molecule has 19 heavy (non-hydrogen) atoms. The number of nitrogens with two attached hydrogens (primary N) is 2. The van der Waals surface area contributed by atoms with Gasteiger partial charge in [-0.2, -0.15) is 0 Å². The summed E-state index contributed by atoms with van der Waals surface area (Å²) in [5.41, 5.74) is 4.18. The zero-order valence-corrected chi connectivity index (χ0v) is 10.5. The Labute approximate surface area is 113 Å². The predicted molar refractivity (Wildman–Crippen MR) is 72.3 cm³/mol. The molecule has 7 heteroatoms. The van der Waals surface area contributed by atoms with E-state index in [-0.39, 0.29) is 11.1 Å². The third-order valence-electron chi connectivity index (χ3n) is 2.73. The van der Waals surface area contributed by atoms with Crippen molar-refractivity contribution in [1.29, 1.82) is 0 Å². The summed E-state index contributed by atoms with van der Waals surface area (Å²) in [4.78, 5) is 23.6. The van der Waals surface area contributed by atoms with Crippen LogP contribution in [0, 0.1) is 0 Å². The maximum Gasteiger partial charge on any atom is 0.266 e. The molecule has 0 saturated carbocycles. The summed E-state index contributed by atoms with van der Waals surface area (Å²) in [7, 11) is 0. The van der Waals surface area contributed by atoms with Crippen molar-refractivity contribution >= 4 is 34.2 Å². The Bertz CT molecular complexity index is 672. The monoisotopic (exact) mass is 278 g/mol. The molecule has 0 radical (unpaired) electrons. The number of hydrogen-bond donors (Lipinski definition) is 4. The Morgan fingerprint density at radius 2 is 1.58 bits per heavy atom. The van der Waals surface area contributed by atoms with Crippen molar-refractivity contribution < 1.29 is 9.59 Å². The number of nitrogen functional groups attached to an aromatic ring is 2. The van der Waals surface area contributed by atoms with Gasteiger partial charge in [0.05, 0.1) is 11.1 Å². The van der Waals surface area contributed by atoms with Crippen molar-refractivity contribution in [3.63, 3.8) is 0 Å². The average Bonchev–Trinajstić information content (AvgIpc) is 2.45. The summed E-state index contributed by atoms with van der Waals surface area (Å²) in [5, 5.41) is 1.52. The summed E-state index contributed by atoms with van der Waals surface area (Å²) in [6.07, 6.45) is 0. The van der Waals surface area contributed by atoms with Crippen molar-refractivity contribution in [1.82, 2.24) is 10.9 Å². The van der Waals surface area contributed by atoms with Crippen LogP contribution >= 0.6 is 11.6 Å². The molecule has 2 aromatic carbocycles. The number of fused-ring (bicyclic) bond motifs is 1. The molecule has 0 aliphatic heterocycles. The minimum absolute atomic E-state index is 0.0640. The second kappa shape index (κ2) is 5.23. The van der Waals surface area contributed by atoms with E-state index >= 15 is 0 Å². The zero-order chi connectivity index (χ0) is 14.0. The molecule has 0 saturated heterocycles. The van der Waals surface area contributed by atoms with E-state index in [1.807, 2.05) is 10.9 Å². The molecule has 0 aliphatic rings. The van der Waals surface area contributed by atoms with Crippen LogP contribution in [-0.2, 0) is 0 Å². The number of hydrogen-bond acceptors (Lipinski definition) is 4. The standard InChI is InChI=1S/C12H11ClN4O2/c13-9-5-8(11(18)16-14)10(12(19)17-15)7-4-2-1-3-6(7)9/h1-5H,14-15H2,(H,16,18)(H,17,19). The van der Waals surface area contributed by atoms with Crippen LogP contribution in [0.25, 0.3) is 10.8 Å². The van der Waals surface area contributed by atoms with E-state index < -0.39 is 11.8 Å². The Hall–Kier alpha value is -2.15. The van der Waals surface area contributed by atoms with Crippen molar-refractivity contribution in [2.75, 3.05) is 0 Å². The lowest BCUT2D eigenvalue weighted by Crippen LogP contribution is -2.35. The second-order valence-electron chi connectivity index (χ2n) is 3.77. The van der Waals surface area contributed by atoms with Gasteiger partial charge in [0.2, 0.25) is 0 Å². The number of benzene rings is 2. The highest BCUT2D eigenvalue weighted by atomic mass is 35.5. The van der Waals surface area contributed by atoms with Crippen LogP contribution in [0.15, 0.2) is 30.3 Å². The van der Waals surface area contributed by atoms with Crippen LogP contribution in [0.4, 0.5) is 0 Å². The molecule has 0 spiro atoms. The molecule has 6 N–H and O–H groups in total. The zero-order valence-electron chi connectivity index (χ0n) is 9.74. The van der Waals surface area contributed by atoms with E-state index in [1.165, 1.54) is 6.07 Å². The summed E-state index contributed by atoms with van der Waals surface area (Å²) in [6.45, 7) is 0. The normalized spacial score (nSPS) is 10.3. The lowest BCUT2D eigenvalue weighted by molar-refractivity contribution is 0.0921. The summed E-state index contributed by atoms with van der Waals surface area (Å²) < 4.78 is 0. The number of hydrazine groups is 2. The number of rotatable bonds is 2. The molecule has 2 amide bonds. The van der Waals surface area contributed by atoms with Gasteiger partial charge in [-0.3, -0.25) is 20.4 Å². The van der Waals surface area contributed by atoms with Gasteiger partial charge in [-0.25, -0.2) is 11.7 Å². The van der Waals surface area contributed by atoms with E-state index in [0.717, 1.165) is 0 Å². The van der Waals surface area contributed by atoms with Gasteiger partial charge in [0.15, 0.2) is 0 Å². The first-order valence-electron chi connectivity index (χ1n) is 5.33. The van der Waals surface area contributed by atoms with Crippen molar-refractivity contribution in [2.24, 2.45) is 11.7 Å². The fourth-order valence-electron chi connectivity index (χ4n) is 1.90. The molecule has 0 aliphatic carbocycles. The fraction of sp³-hybridized carbons (Fsp3) is 0. The van der Waals surface area contributed by atoms with Crippen LogP contribution in [0.2, 0.25) is 5.02 Å². The average molecular weight is 279 g/mol. The van der Waals surface area contributed by atoms with E-state index in [1.54, 1.807) is 24.3 Å². The maximum atomic E-state index is 11.9. The summed E-state index contributed by atoms with van der Waals surface area (Å²) >= 11 is 6.10. The van der Waals surface area contributed by atoms with Crippen LogP contribution in [0.5, 0.6) is 0 Å². The van der Waals surface area contributed by atoms with Gasteiger partial charge in [0.1, 0.15) is 0 Å². The number of nitrogens with one attached hydrogen (secondary N) is 2. The molecule has 0 fully saturated rings. The quantitative estimate of drug-likeness (QED) is 0.368. The van der Waals surface area contributed by atoms with Crippen molar-refractivity contribution in [3.05, 3.63) is 46.5 Å². The van der Waals surface area contributed by atoms with Gasteiger partial charge in [-0.05, 0) is 11.5 Å². The topological polar surface area (TPSA) is 110 Å². The Kier molecular flexibility index (Phi) is 3.66. The van der Waals surface area contributed by atoms with Crippen molar-refractivity contribution in [3.8, 4) is 0 Å². The van der Waals surface area contributed by atoms with Gasteiger partial charge in [0.25, 0.3) is 11.8 Å². The van der Waals surface area contributed by atoms with Crippen molar-refractivity contribution in [2.45, 2.75) is 0 Å². The number of amides is 2. The second-order valence-corrected chi connectivity index (χ2v) is 4.18. The molecule has 0 aromatic heterocycles. The highest BCUT2D eigenvalue weighted by molar-refractivity contribution is 6.37. The van der Waals surface area contributed by atoms with Crippen LogP contribution in [0.1, 0.15) is 20.7 Å². The van der Waals surface area contributed by atoms with Crippen LogP contribution < -0.4 is 22.5 Å². The van der Waals surface area contributed by atoms with Gasteiger partial charge in [-0.15, -0.1) is 0 Å². The summed E-state index contributed by atoms with van der Waals surface area (Å²) in [5.74, 6) is 9.04. The molecule has 2 rings (SSSR count).